The minimum absolute atomic E-state index is 0.354. The number of esters is 1. The molecule has 0 fully saturated rings. The minimum atomic E-state index is -0.411. The van der Waals surface area contributed by atoms with Crippen molar-refractivity contribution in [2.45, 2.75) is 27.7 Å². The van der Waals surface area contributed by atoms with E-state index in [9.17, 15) is 4.79 Å². The van der Waals surface area contributed by atoms with Crippen molar-refractivity contribution in [3.63, 3.8) is 0 Å². The molecule has 94 valence electrons. The first-order chi connectivity index (χ1) is 7.79. The van der Waals surface area contributed by atoms with Gasteiger partial charge in [0.05, 0.1) is 7.11 Å². The molecule has 0 saturated carbocycles. The topological polar surface area (TPSA) is 78.1 Å². The standard InChI is InChI=1S/C9H12N2O2.C3H7N/c1-5-6(2)10-7(3)11-8(5)9(12)13-4;1-3(2)4/h1-4H3;1,4H2,2H3. The van der Waals surface area contributed by atoms with E-state index in [4.69, 9.17) is 5.73 Å². The third-order valence-electron chi connectivity index (χ3n) is 1.88. The molecule has 0 aliphatic rings. The van der Waals surface area contributed by atoms with Crippen molar-refractivity contribution in [3.05, 3.63) is 35.1 Å². The Bertz CT molecular complexity index is 424. The molecule has 0 amide bonds. The van der Waals surface area contributed by atoms with E-state index >= 15 is 0 Å². The number of ether oxygens (including phenoxy) is 1. The molecule has 1 heterocycles. The number of nitrogens with zero attached hydrogens (tertiary/aromatic N) is 2. The van der Waals surface area contributed by atoms with Crippen molar-refractivity contribution in [1.82, 2.24) is 9.97 Å². The number of methoxy groups -OCH3 is 1. The molecule has 17 heavy (non-hydrogen) atoms. The van der Waals surface area contributed by atoms with Crippen LogP contribution in [-0.2, 0) is 4.74 Å². The van der Waals surface area contributed by atoms with Crippen LogP contribution in [0.25, 0.3) is 0 Å². The predicted molar refractivity (Wildman–Crippen MR) is 66.6 cm³/mol. The van der Waals surface area contributed by atoms with Crippen LogP contribution in [-0.4, -0.2) is 23.0 Å². The van der Waals surface area contributed by atoms with Gasteiger partial charge in [-0.3, -0.25) is 0 Å². The van der Waals surface area contributed by atoms with Gasteiger partial charge in [-0.05, 0) is 33.4 Å². The van der Waals surface area contributed by atoms with Crippen molar-refractivity contribution in [3.8, 4) is 0 Å². The fraction of sp³-hybridized carbons (Fsp3) is 0.417. The van der Waals surface area contributed by atoms with E-state index in [2.05, 4.69) is 21.3 Å². The first-order valence-electron chi connectivity index (χ1n) is 5.10. The van der Waals surface area contributed by atoms with Gasteiger partial charge in [0, 0.05) is 11.3 Å². The predicted octanol–water partition coefficient (Wildman–Crippen LogP) is 1.67. The molecule has 1 aromatic heterocycles. The molecule has 0 bridgehead atoms. The summed E-state index contributed by atoms with van der Waals surface area (Å²) in [7, 11) is 1.34. The van der Waals surface area contributed by atoms with Crippen molar-refractivity contribution in [2.75, 3.05) is 7.11 Å². The Labute approximate surface area is 102 Å². The number of carbonyl (C=O) groups excluding carboxylic acids is 1. The van der Waals surface area contributed by atoms with Crippen LogP contribution in [0.1, 0.15) is 34.5 Å². The Morgan fingerprint density at radius 3 is 2.18 bits per heavy atom. The summed E-state index contributed by atoms with van der Waals surface area (Å²) in [6.45, 7) is 10.5. The van der Waals surface area contributed by atoms with Crippen LogP contribution in [0.3, 0.4) is 0 Å². The van der Waals surface area contributed by atoms with Gasteiger partial charge in [0.2, 0.25) is 0 Å². The third-order valence-corrected chi connectivity index (χ3v) is 1.88. The Hall–Kier alpha value is -1.91. The van der Waals surface area contributed by atoms with Gasteiger partial charge in [-0.15, -0.1) is 0 Å². The summed E-state index contributed by atoms with van der Waals surface area (Å²) in [5.74, 6) is 0.176. The average molecular weight is 237 g/mol. The molecule has 5 nitrogen and oxygen atoms in total. The van der Waals surface area contributed by atoms with Crippen molar-refractivity contribution in [2.24, 2.45) is 5.73 Å². The van der Waals surface area contributed by atoms with E-state index < -0.39 is 5.97 Å². The summed E-state index contributed by atoms with van der Waals surface area (Å²) in [4.78, 5) is 19.4. The Morgan fingerprint density at radius 2 is 1.76 bits per heavy atom. The van der Waals surface area contributed by atoms with Gasteiger partial charge in [0.15, 0.2) is 5.69 Å². The highest BCUT2D eigenvalue weighted by Crippen LogP contribution is 2.09. The van der Waals surface area contributed by atoms with Crippen LogP contribution in [0.2, 0.25) is 0 Å². The number of allylic oxidation sites excluding steroid dienone is 1. The molecule has 0 aliphatic heterocycles. The number of rotatable bonds is 1. The van der Waals surface area contributed by atoms with Gasteiger partial charge in [-0.2, -0.15) is 0 Å². The Balaban J connectivity index is 0.000000557. The summed E-state index contributed by atoms with van der Waals surface area (Å²) < 4.78 is 4.60. The highest BCUT2D eigenvalue weighted by molar-refractivity contribution is 5.88. The number of carbonyl (C=O) groups is 1. The summed E-state index contributed by atoms with van der Waals surface area (Å²) in [6, 6.07) is 0. The zero-order chi connectivity index (χ0) is 13.6. The van der Waals surface area contributed by atoms with Crippen LogP contribution in [0.5, 0.6) is 0 Å². The normalized spacial score (nSPS) is 9.00. The number of nitrogens with two attached hydrogens (primary N) is 1. The van der Waals surface area contributed by atoms with E-state index in [0.717, 1.165) is 11.3 Å². The monoisotopic (exact) mass is 237 g/mol. The first-order valence-corrected chi connectivity index (χ1v) is 5.10. The smallest absolute Gasteiger partial charge is 0.357 e. The van der Waals surface area contributed by atoms with E-state index in [0.29, 0.717) is 17.2 Å². The van der Waals surface area contributed by atoms with Gasteiger partial charge >= 0.3 is 5.97 Å². The average Bonchev–Trinajstić information content (AvgIpc) is 2.21. The lowest BCUT2D eigenvalue weighted by molar-refractivity contribution is 0.0592. The molecule has 0 radical (unpaired) electrons. The number of hydrogen-bond acceptors (Lipinski definition) is 5. The number of aromatic nitrogens is 2. The maximum Gasteiger partial charge on any atom is 0.357 e. The summed E-state index contributed by atoms with van der Waals surface area (Å²) >= 11 is 0. The Kier molecular flexibility index (Phi) is 5.88. The summed E-state index contributed by atoms with van der Waals surface area (Å²) in [6.07, 6.45) is 0. The SMILES string of the molecule is C=C(C)N.COC(=O)c1nc(C)nc(C)c1C. The van der Waals surface area contributed by atoms with Crippen LogP contribution in [0.15, 0.2) is 12.3 Å². The summed E-state index contributed by atoms with van der Waals surface area (Å²) in [5, 5.41) is 0. The number of aryl methyl sites for hydroxylation is 2. The highest BCUT2D eigenvalue weighted by atomic mass is 16.5. The lowest BCUT2D eigenvalue weighted by Crippen LogP contribution is -2.10. The molecule has 2 N–H and O–H groups in total. The van der Waals surface area contributed by atoms with Crippen LogP contribution < -0.4 is 5.73 Å². The molecular formula is C12H19N3O2. The second kappa shape index (κ2) is 6.62. The maximum absolute atomic E-state index is 11.2. The zero-order valence-corrected chi connectivity index (χ0v) is 11.0. The molecule has 0 spiro atoms. The van der Waals surface area contributed by atoms with E-state index in [1.807, 2.05) is 6.92 Å². The minimum Gasteiger partial charge on any atom is -0.464 e. The van der Waals surface area contributed by atoms with Crippen molar-refractivity contribution in [1.29, 1.82) is 0 Å². The molecule has 1 rings (SSSR count). The fourth-order valence-electron chi connectivity index (χ4n) is 1.06. The maximum atomic E-state index is 11.2. The van der Waals surface area contributed by atoms with Gasteiger partial charge in [-0.1, -0.05) is 6.58 Å². The molecule has 5 heteroatoms. The number of hydrogen-bond donors (Lipinski definition) is 1. The van der Waals surface area contributed by atoms with E-state index in [1.165, 1.54) is 7.11 Å². The summed E-state index contributed by atoms with van der Waals surface area (Å²) in [5.41, 5.74) is 7.53. The lowest BCUT2D eigenvalue weighted by atomic mass is 10.2. The van der Waals surface area contributed by atoms with Gasteiger partial charge in [-0.25, -0.2) is 14.8 Å². The van der Waals surface area contributed by atoms with Gasteiger partial charge in [0.25, 0.3) is 0 Å². The molecule has 0 aliphatic carbocycles. The van der Waals surface area contributed by atoms with Gasteiger partial charge < -0.3 is 10.5 Å². The molecule has 0 unspecified atom stereocenters. The van der Waals surface area contributed by atoms with Gasteiger partial charge in [0.1, 0.15) is 5.82 Å². The molecule has 1 aromatic rings. The molecule has 0 aromatic carbocycles. The third kappa shape index (κ3) is 5.10. The van der Waals surface area contributed by atoms with E-state index in [-0.39, 0.29) is 0 Å². The van der Waals surface area contributed by atoms with Crippen LogP contribution in [0.4, 0.5) is 0 Å². The first kappa shape index (κ1) is 15.1. The lowest BCUT2D eigenvalue weighted by Gasteiger charge is -2.05. The molecular weight excluding hydrogens is 218 g/mol. The largest absolute Gasteiger partial charge is 0.464 e. The fourth-order valence-corrected chi connectivity index (χ4v) is 1.06. The van der Waals surface area contributed by atoms with E-state index in [1.54, 1.807) is 20.8 Å². The molecule has 0 atom stereocenters. The second-order valence-corrected chi connectivity index (χ2v) is 3.67. The quantitative estimate of drug-likeness (QED) is 0.752. The van der Waals surface area contributed by atoms with Crippen LogP contribution in [0, 0.1) is 20.8 Å². The van der Waals surface area contributed by atoms with Crippen molar-refractivity contribution >= 4 is 5.97 Å². The second-order valence-electron chi connectivity index (χ2n) is 3.67. The van der Waals surface area contributed by atoms with Crippen molar-refractivity contribution < 1.29 is 9.53 Å². The Morgan fingerprint density at radius 1 is 1.29 bits per heavy atom. The van der Waals surface area contributed by atoms with Crippen LogP contribution >= 0.6 is 0 Å². The highest BCUT2D eigenvalue weighted by Gasteiger charge is 2.13. The zero-order valence-electron chi connectivity index (χ0n) is 11.0. The molecule has 0 saturated heterocycles.